The Kier molecular flexibility index (Phi) is 2.19. The van der Waals surface area contributed by atoms with Gasteiger partial charge < -0.3 is 4.42 Å². The number of oxazole rings is 1. The molecule has 2 rings (SSSR count). The zero-order valence-electron chi connectivity index (χ0n) is 7.95. The molecule has 0 bridgehead atoms. The maximum absolute atomic E-state index is 8.55. The monoisotopic (exact) mass is 186 g/mol. The van der Waals surface area contributed by atoms with Gasteiger partial charge in [-0.25, -0.2) is 4.98 Å². The summed E-state index contributed by atoms with van der Waals surface area (Å²) >= 11 is 0. The Morgan fingerprint density at radius 1 is 1.50 bits per heavy atom. The highest BCUT2D eigenvalue weighted by molar-refractivity contribution is 5.73. The third-order valence-electron chi connectivity index (χ3n) is 2.08. The third-order valence-corrected chi connectivity index (χ3v) is 2.08. The van der Waals surface area contributed by atoms with Crippen molar-refractivity contribution < 1.29 is 4.42 Å². The van der Waals surface area contributed by atoms with E-state index < -0.39 is 0 Å². The van der Waals surface area contributed by atoms with Gasteiger partial charge in [-0.3, -0.25) is 0 Å². The van der Waals surface area contributed by atoms with Crippen LogP contribution in [0.4, 0.5) is 0 Å². The van der Waals surface area contributed by atoms with E-state index >= 15 is 0 Å². The topological polar surface area (TPSA) is 49.8 Å². The summed E-state index contributed by atoms with van der Waals surface area (Å²) in [6.07, 6.45) is 1.21. The van der Waals surface area contributed by atoms with Gasteiger partial charge in [0.2, 0.25) is 0 Å². The average Bonchev–Trinajstić information content (AvgIpc) is 2.60. The van der Waals surface area contributed by atoms with E-state index in [1.807, 2.05) is 25.1 Å². The Balaban J connectivity index is 2.49. The molecule has 0 saturated heterocycles. The van der Waals surface area contributed by atoms with Crippen molar-refractivity contribution in [1.82, 2.24) is 4.98 Å². The molecule has 70 valence electrons. The van der Waals surface area contributed by atoms with Gasteiger partial charge in [-0.15, -0.1) is 0 Å². The van der Waals surface area contributed by atoms with Gasteiger partial charge in [0.15, 0.2) is 11.5 Å². The van der Waals surface area contributed by atoms with Crippen LogP contribution in [0.3, 0.4) is 0 Å². The van der Waals surface area contributed by atoms with Crippen LogP contribution in [-0.2, 0) is 12.8 Å². The van der Waals surface area contributed by atoms with E-state index in [0.29, 0.717) is 6.42 Å². The number of rotatable bonds is 2. The molecule has 0 radical (unpaired) electrons. The lowest BCUT2D eigenvalue weighted by Gasteiger charge is -1.91. The Bertz CT molecular complexity index is 493. The molecule has 0 atom stereocenters. The highest BCUT2D eigenvalue weighted by Gasteiger charge is 2.04. The van der Waals surface area contributed by atoms with Crippen LogP contribution in [-0.4, -0.2) is 4.98 Å². The van der Waals surface area contributed by atoms with Crippen LogP contribution in [0.1, 0.15) is 18.4 Å². The van der Waals surface area contributed by atoms with E-state index in [-0.39, 0.29) is 0 Å². The van der Waals surface area contributed by atoms with Crippen LogP contribution in [0.15, 0.2) is 22.6 Å². The summed E-state index contributed by atoms with van der Waals surface area (Å²) in [5.41, 5.74) is 2.62. The first-order valence-electron chi connectivity index (χ1n) is 4.58. The van der Waals surface area contributed by atoms with Gasteiger partial charge in [0, 0.05) is 6.42 Å². The summed E-state index contributed by atoms with van der Waals surface area (Å²) in [6.45, 7) is 2.00. The second-order valence-corrected chi connectivity index (χ2v) is 3.10. The standard InChI is InChI=1S/C11H10N2O/c1-2-11-13-9-7-8(5-6-12)3-4-10(9)14-11/h3-4,7H,2,5H2,1H3. The molecule has 1 aromatic carbocycles. The van der Waals surface area contributed by atoms with Gasteiger partial charge in [-0.05, 0) is 17.7 Å². The molecule has 0 saturated carbocycles. The van der Waals surface area contributed by atoms with E-state index in [4.69, 9.17) is 9.68 Å². The van der Waals surface area contributed by atoms with Crippen LogP contribution < -0.4 is 0 Å². The molecule has 14 heavy (non-hydrogen) atoms. The van der Waals surface area contributed by atoms with E-state index in [1.54, 1.807) is 0 Å². The number of nitrogens with zero attached hydrogens (tertiary/aromatic N) is 2. The summed E-state index contributed by atoms with van der Waals surface area (Å²) in [4.78, 5) is 4.30. The Hall–Kier alpha value is -1.82. The molecular formula is C11H10N2O. The van der Waals surface area contributed by atoms with Gasteiger partial charge in [0.1, 0.15) is 5.52 Å². The summed E-state index contributed by atoms with van der Waals surface area (Å²) < 4.78 is 5.46. The van der Waals surface area contributed by atoms with Gasteiger partial charge in [0.25, 0.3) is 0 Å². The smallest absolute Gasteiger partial charge is 0.195 e. The summed E-state index contributed by atoms with van der Waals surface area (Å²) in [5.74, 6) is 0.745. The fraction of sp³-hybridized carbons (Fsp3) is 0.273. The van der Waals surface area contributed by atoms with Crippen molar-refractivity contribution in [3.05, 3.63) is 29.7 Å². The molecule has 0 spiro atoms. The van der Waals surface area contributed by atoms with Crippen molar-refractivity contribution in [2.45, 2.75) is 19.8 Å². The van der Waals surface area contributed by atoms with Crippen LogP contribution in [0.5, 0.6) is 0 Å². The Morgan fingerprint density at radius 3 is 3.07 bits per heavy atom. The SMILES string of the molecule is CCc1nc2cc(CC#N)ccc2o1. The van der Waals surface area contributed by atoms with Crippen molar-refractivity contribution in [2.75, 3.05) is 0 Å². The molecule has 1 heterocycles. The first kappa shape index (κ1) is 8.76. The number of nitriles is 1. The number of hydrogen-bond donors (Lipinski definition) is 0. The minimum Gasteiger partial charge on any atom is -0.441 e. The first-order chi connectivity index (χ1) is 6.83. The maximum atomic E-state index is 8.55. The molecule has 0 fully saturated rings. The van der Waals surface area contributed by atoms with Crippen molar-refractivity contribution in [2.24, 2.45) is 0 Å². The molecule has 3 nitrogen and oxygen atoms in total. The van der Waals surface area contributed by atoms with Crippen LogP contribution >= 0.6 is 0 Å². The Morgan fingerprint density at radius 2 is 2.36 bits per heavy atom. The lowest BCUT2D eigenvalue weighted by molar-refractivity contribution is 0.538. The molecule has 1 aromatic heterocycles. The zero-order valence-corrected chi connectivity index (χ0v) is 7.95. The maximum Gasteiger partial charge on any atom is 0.195 e. The van der Waals surface area contributed by atoms with Gasteiger partial charge in [-0.1, -0.05) is 13.0 Å². The van der Waals surface area contributed by atoms with Crippen molar-refractivity contribution in [3.8, 4) is 6.07 Å². The molecule has 0 aliphatic heterocycles. The fourth-order valence-corrected chi connectivity index (χ4v) is 1.37. The van der Waals surface area contributed by atoms with Crippen molar-refractivity contribution in [1.29, 1.82) is 5.26 Å². The third kappa shape index (κ3) is 1.47. The van der Waals surface area contributed by atoms with Gasteiger partial charge >= 0.3 is 0 Å². The number of fused-ring (bicyclic) bond motifs is 1. The number of aromatic nitrogens is 1. The first-order valence-corrected chi connectivity index (χ1v) is 4.58. The minimum atomic E-state index is 0.421. The van der Waals surface area contributed by atoms with Gasteiger partial charge in [-0.2, -0.15) is 5.26 Å². The van der Waals surface area contributed by atoms with Crippen LogP contribution in [0, 0.1) is 11.3 Å². The van der Waals surface area contributed by atoms with Crippen LogP contribution in [0.25, 0.3) is 11.1 Å². The summed E-state index contributed by atoms with van der Waals surface area (Å²) in [6, 6.07) is 7.78. The van der Waals surface area contributed by atoms with E-state index in [1.165, 1.54) is 0 Å². The normalized spacial score (nSPS) is 10.3. The quantitative estimate of drug-likeness (QED) is 0.723. The highest BCUT2D eigenvalue weighted by atomic mass is 16.3. The van der Waals surface area contributed by atoms with Crippen molar-refractivity contribution >= 4 is 11.1 Å². The number of aryl methyl sites for hydroxylation is 1. The van der Waals surface area contributed by atoms with Crippen LogP contribution in [0.2, 0.25) is 0 Å². The average molecular weight is 186 g/mol. The van der Waals surface area contributed by atoms with E-state index in [0.717, 1.165) is 29.0 Å². The Labute approximate surface area is 82.0 Å². The van der Waals surface area contributed by atoms with Crippen molar-refractivity contribution in [3.63, 3.8) is 0 Å². The van der Waals surface area contributed by atoms with Gasteiger partial charge in [0.05, 0.1) is 12.5 Å². The predicted molar refractivity (Wildman–Crippen MR) is 52.7 cm³/mol. The van der Waals surface area contributed by atoms with E-state index in [2.05, 4.69) is 11.1 Å². The second kappa shape index (κ2) is 3.51. The largest absolute Gasteiger partial charge is 0.441 e. The minimum absolute atomic E-state index is 0.421. The fourth-order valence-electron chi connectivity index (χ4n) is 1.37. The molecule has 0 N–H and O–H groups in total. The highest BCUT2D eigenvalue weighted by Crippen LogP contribution is 2.17. The molecule has 0 aliphatic rings. The lowest BCUT2D eigenvalue weighted by atomic mass is 10.1. The zero-order chi connectivity index (χ0) is 9.97. The number of benzene rings is 1. The molecule has 2 aromatic rings. The molecule has 0 unspecified atom stereocenters. The summed E-state index contributed by atoms with van der Waals surface area (Å²) in [5, 5.41) is 8.55. The predicted octanol–water partition coefficient (Wildman–Crippen LogP) is 2.46. The summed E-state index contributed by atoms with van der Waals surface area (Å²) in [7, 11) is 0. The molecule has 0 aliphatic carbocycles. The van der Waals surface area contributed by atoms with E-state index in [9.17, 15) is 0 Å². The molecule has 3 heteroatoms. The second-order valence-electron chi connectivity index (χ2n) is 3.10. The number of hydrogen-bond acceptors (Lipinski definition) is 3. The molecule has 0 amide bonds. The molecular weight excluding hydrogens is 176 g/mol. The lowest BCUT2D eigenvalue weighted by Crippen LogP contribution is -1.80.